The van der Waals surface area contributed by atoms with E-state index in [1.54, 1.807) is 7.11 Å². The number of ether oxygens (including phenoxy) is 1. The van der Waals surface area contributed by atoms with E-state index >= 15 is 0 Å². The summed E-state index contributed by atoms with van der Waals surface area (Å²) in [6.07, 6.45) is 8.38. The second-order valence-electron chi connectivity index (χ2n) is 3.76. The Morgan fingerprint density at radius 3 is 2.27 bits per heavy atom. The third kappa shape index (κ3) is 4.50. The minimum absolute atomic E-state index is 0.602. The van der Waals surface area contributed by atoms with Gasteiger partial charge < -0.3 is 4.74 Å². The zero-order chi connectivity index (χ0) is 11.1. The van der Waals surface area contributed by atoms with Crippen molar-refractivity contribution in [2.24, 2.45) is 5.92 Å². The average molecular weight is 202 g/mol. The van der Waals surface area contributed by atoms with Crippen LogP contribution in [0.5, 0.6) is 5.75 Å². The van der Waals surface area contributed by atoms with Gasteiger partial charge in [0.25, 0.3) is 0 Å². The van der Waals surface area contributed by atoms with E-state index in [0.29, 0.717) is 5.92 Å². The third-order valence-electron chi connectivity index (χ3n) is 2.01. The molecule has 0 aliphatic heterocycles. The molecule has 1 nitrogen and oxygen atoms in total. The summed E-state index contributed by atoms with van der Waals surface area (Å²) in [5.74, 6) is 1.50. The molecule has 80 valence electrons. The summed E-state index contributed by atoms with van der Waals surface area (Å²) in [4.78, 5) is 0. The fraction of sp³-hybridized carbons (Fsp3) is 0.286. The van der Waals surface area contributed by atoms with Gasteiger partial charge in [0.15, 0.2) is 0 Å². The summed E-state index contributed by atoms with van der Waals surface area (Å²) >= 11 is 0. The molecule has 0 saturated heterocycles. The van der Waals surface area contributed by atoms with Gasteiger partial charge in [-0.05, 0) is 23.6 Å². The molecule has 0 spiro atoms. The summed E-state index contributed by atoms with van der Waals surface area (Å²) in [6, 6.07) is 8.01. The highest BCUT2D eigenvalue weighted by Gasteiger charge is 1.88. The van der Waals surface area contributed by atoms with Gasteiger partial charge in [0.05, 0.1) is 7.11 Å². The van der Waals surface area contributed by atoms with Crippen LogP contribution in [0.25, 0.3) is 6.08 Å². The Kier molecular flexibility index (Phi) is 4.69. The number of methoxy groups -OCH3 is 1. The lowest BCUT2D eigenvalue weighted by Crippen LogP contribution is -1.81. The SMILES string of the molecule is COc1ccc(/C=C/C=C/C(C)C)cc1. The largest absolute Gasteiger partial charge is 0.497 e. The monoisotopic (exact) mass is 202 g/mol. The van der Waals surface area contributed by atoms with Crippen LogP contribution in [0.3, 0.4) is 0 Å². The number of benzene rings is 1. The lowest BCUT2D eigenvalue weighted by molar-refractivity contribution is 0.415. The molecule has 0 N–H and O–H groups in total. The number of rotatable bonds is 4. The number of allylic oxidation sites excluding steroid dienone is 3. The Morgan fingerprint density at radius 1 is 1.07 bits per heavy atom. The van der Waals surface area contributed by atoms with Gasteiger partial charge in [-0.2, -0.15) is 0 Å². The van der Waals surface area contributed by atoms with Gasteiger partial charge in [-0.25, -0.2) is 0 Å². The lowest BCUT2D eigenvalue weighted by atomic mass is 10.2. The first-order valence-electron chi connectivity index (χ1n) is 5.21. The van der Waals surface area contributed by atoms with Crippen LogP contribution in [0, 0.1) is 5.92 Å². The number of hydrogen-bond acceptors (Lipinski definition) is 1. The first-order valence-corrected chi connectivity index (χ1v) is 5.21. The molecule has 15 heavy (non-hydrogen) atoms. The van der Waals surface area contributed by atoms with Crippen molar-refractivity contribution >= 4 is 6.08 Å². The van der Waals surface area contributed by atoms with Crippen molar-refractivity contribution in [2.75, 3.05) is 7.11 Å². The second kappa shape index (κ2) is 6.07. The molecule has 0 saturated carbocycles. The van der Waals surface area contributed by atoms with Gasteiger partial charge >= 0.3 is 0 Å². The minimum Gasteiger partial charge on any atom is -0.497 e. The third-order valence-corrected chi connectivity index (χ3v) is 2.01. The lowest BCUT2D eigenvalue weighted by Gasteiger charge is -1.98. The maximum Gasteiger partial charge on any atom is 0.118 e. The van der Waals surface area contributed by atoms with E-state index in [0.717, 1.165) is 5.75 Å². The zero-order valence-corrected chi connectivity index (χ0v) is 9.60. The average Bonchev–Trinajstić information content (AvgIpc) is 2.25. The van der Waals surface area contributed by atoms with E-state index < -0.39 is 0 Å². The van der Waals surface area contributed by atoms with Gasteiger partial charge in [-0.3, -0.25) is 0 Å². The first-order chi connectivity index (χ1) is 7.22. The quantitative estimate of drug-likeness (QED) is 0.672. The second-order valence-corrected chi connectivity index (χ2v) is 3.76. The Labute approximate surface area is 92.1 Å². The molecule has 0 atom stereocenters. The molecule has 0 radical (unpaired) electrons. The molecule has 0 bridgehead atoms. The topological polar surface area (TPSA) is 9.23 Å². The molecule has 1 heteroatoms. The van der Waals surface area contributed by atoms with Gasteiger partial charge in [0.2, 0.25) is 0 Å². The van der Waals surface area contributed by atoms with E-state index in [-0.39, 0.29) is 0 Å². The van der Waals surface area contributed by atoms with E-state index in [2.05, 4.69) is 38.2 Å². The van der Waals surface area contributed by atoms with Gasteiger partial charge in [-0.15, -0.1) is 0 Å². The molecule has 0 aliphatic carbocycles. The standard InChI is InChI=1S/C14H18O/c1-12(2)6-4-5-7-13-8-10-14(15-3)11-9-13/h4-12H,1-3H3/b6-4+,7-5+. The zero-order valence-electron chi connectivity index (χ0n) is 9.60. The Hall–Kier alpha value is -1.50. The van der Waals surface area contributed by atoms with E-state index in [1.807, 2.05) is 24.3 Å². The maximum atomic E-state index is 5.09. The van der Waals surface area contributed by atoms with Gasteiger partial charge in [0.1, 0.15) is 5.75 Å². The van der Waals surface area contributed by atoms with Crippen molar-refractivity contribution in [1.29, 1.82) is 0 Å². The Balaban J connectivity index is 2.57. The molecule has 1 rings (SSSR count). The van der Waals surface area contributed by atoms with Gasteiger partial charge in [0, 0.05) is 0 Å². The van der Waals surface area contributed by atoms with Crippen LogP contribution in [0.1, 0.15) is 19.4 Å². The van der Waals surface area contributed by atoms with Crippen LogP contribution in [0.2, 0.25) is 0 Å². The predicted octanol–water partition coefficient (Wildman–Crippen LogP) is 3.92. The van der Waals surface area contributed by atoms with Crippen LogP contribution in [-0.4, -0.2) is 7.11 Å². The van der Waals surface area contributed by atoms with Gasteiger partial charge in [-0.1, -0.05) is 50.3 Å². The van der Waals surface area contributed by atoms with Crippen LogP contribution >= 0.6 is 0 Å². The first kappa shape index (κ1) is 11.6. The minimum atomic E-state index is 0.602. The molecule has 0 amide bonds. The van der Waals surface area contributed by atoms with E-state index in [4.69, 9.17) is 4.74 Å². The summed E-state index contributed by atoms with van der Waals surface area (Å²) in [5.41, 5.74) is 1.18. The molecule has 0 fully saturated rings. The normalized spacial score (nSPS) is 11.7. The predicted molar refractivity (Wildman–Crippen MR) is 66.0 cm³/mol. The van der Waals surface area contributed by atoms with Crippen molar-refractivity contribution in [3.63, 3.8) is 0 Å². The highest BCUT2D eigenvalue weighted by atomic mass is 16.5. The van der Waals surface area contributed by atoms with Crippen molar-refractivity contribution in [1.82, 2.24) is 0 Å². The summed E-state index contributed by atoms with van der Waals surface area (Å²) in [5, 5.41) is 0. The smallest absolute Gasteiger partial charge is 0.118 e. The van der Waals surface area contributed by atoms with E-state index in [1.165, 1.54) is 5.56 Å². The molecule has 1 aromatic rings. The number of hydrogen-bond donors (Lipinski definition) is 0. The van der Waals surface area contributed by atoms with Crippen molar-refractivity contribution in [3.05, 3.63) is 48.1 Å². The van der Waals surface area contributed by atoms with Crippen LogP contribution in [0.15, 0.2) is 42.5 Å². The molecule has 0 heterocycles. The van der Waals surface area contributed by atoms with Crippen LogP contribution in [-0.2, 0) is 0 Å². The maximum absolute atomic E-state index is 5.09. The van der Waals surface area contributed by atoms with Crippen molar-refractivity contribution in [2.45, 2.75) is 13.8 Å². The highest BCUT2D eigenvalue weighted by molar-refractivity contribution is 5.52. The molecular weight excluding hydrogens is 184 g/mol. The molecule has 0 aromatic heterocycles. The Bertz CT molecular complexity index is 331. The highest BCUT2D eigenvalue weighted by Crippen LogP contribution is 2.12. The fourth-order valence-electron chi connectivity index (χ4n) is 1.17. The van der Waals surface area contributed by atoms with Crippen molar-refractivity contribution < 1.29 is 4.74 Å². The Morgan fingerprint density at radius 2 is 1.73 bits per heavy atom. The van der Waals surface area contributed by atoms with Crippen LogP contribution < -0.4 is 4.74 Å². The molecule has 0 aliphatic rings. The van der Waals surface area contributed by atoms with Crippen LogP contribution in [0.4, 0.5) is 0 Å². The molecular formula is C14H18O. The molecule has 0 unspecified atom stereocenters. The fourth-order valence-corrected chi connectivity index (χ4v) is 1.17. The van der Waals surface area contributed by atoms with E-state index in [9.17, 15) is 0 Å². The summed E-state index contributed by atoms with van der Waals surface area (Å²) in [7, 11) is 1.68. The molecule has 1 aromatic carbocycles. The summed E-state index contributed by atoms with van der Waals surface area (Å²) in [6.45, 7) is 4.33. The summed E-state index contributed by atoms with van der Waals surface area (Å²) < 4.78 is 5.09. The van der Waals surface area contributed by atoms with Crippen molar-refractivity contribution in [3.8, 4) is 5.75 Å².